The molecule has 0 saturated heterocycles. The van der Waals surface area contributed by atoms with E-state index < -0.39 is 0 Å². The minimum atomic E-state index is 0.504. The van der Waals surface area contributed by atoms with E-state index in [2.05, 4.69) is 124 Å². The van der Waals surface area contributed by atoms with E-state index in [1.165, 1.54) is 16.2 Å². The number of hydrogen-bond acceptors (Lipinski definition) is 4. The molecule has 0 bridgehead atoms. The van der Waals surface area contributed by atoms with E-state index in [1.54, 1.807) is 0 Å². The van der Waals surface area contributed by atoms with Gasteiger partial charge in [-0.05, 0) is 48.5 Å². The fourth-order valence-corrected chi connectivity index (χ4v) is 8.48. The summed E-state index contributed by atoms with van der Waals surface area (Å²) in [6.45, 7) is 0. The maximum atomic E-state index is 10.9. The number of fused-ring (bicyclic) bond motifs is 7. The Hall–Kier alpha value is -8.14. The number of para-hydroxylation sites is 4. The molecule has 58 heavy (non-hydrogen) atoms. The van der Waals surface area contributed by atoms with Gasteiger partial charge in [0, 0.05) is 60.7 Å². The summed E-state index contributed by atoms with van der Waals surface area (Å²) in [6, 6.07) is 69.1. The molecule has 3 heterocycles. The Balaban J connectivity index is 1.17. The summed E-state index contributed by atoms with van der Waals surface area (Å²) in [5.41, 5.74) is 11.4. The SMILES string of the molecule is N#Cc1cc(-c2nc(-c3ccccc3)nc(-c3ccccc3)n2)ccc1-c1cccc2c3c4c5ccccc5n(-c5ccccc5)c4ccc3n(-c3ccccc3)c12. The first kappa shape index (κ1) is 33.2. The topological polar surface area (TPSA) is 72.3 Å². The lowest BCUT2D eigenvalue weighted by atomic mass is 9.95. The Labute approximate surface area is 334 Å². The Morgan fingerprint density at radius 3 is 1.50 bits per heavy atom. The van der Waals surface area contributed by atoms with Gasteiger partial charge < -0.3 is 9.13 Å². The second kappa shape index (κ2) is 13.6. The Morgan fingerprint density at radius 2 is 0.879 bits per heavy atom. The standard InChI is InChI=1S/C52H32N6/c53-33-37-32-36(52-55-50(34-16-5-1-6-17-34)54-51(56-52)35-18-7-2-8-19-35)28-29-40(37)41-25-15-26-43-48-46(58(49(41)43)39-22-11-4-12-23-39)31-30-45-47(48)42-24-13-14-27-44(42)57(45)38-20-9-3-10-21-38/h1-32H. The predicted octanol–water partition coefficient (Wildman–Crippen LogP) is 12.6. The second-order valence-corrected chi connectivity index (χ2v) is 14.3. The Bertz CT molecular complexity index is 3320. The molecule has 0 aliphatic carbocycles. The van der Waals surface area contributed by atoms with E-state index in [1.807, 2.05) is 84.9 Å². The minimum absolute atomic E-state index is 0.504. The van der Waals surface area contributed by atoms with Crippen LogP contribution in [0.3, 0.4) is 0 Å². The number of nitrogens with zero attached hydrogens (tertiary/aromatic N) is 6. The lowest BCUT2D eigenvalue weighted by Crippen LogP contribution is -2.00. The predicted molar refractivity (Wildman–Crippen MR) is 235 cm³/mol. The summed E-state index contributed by atoms with van der Waals surface area (Å²) in [6.07, 6.45) is 0. The van der Waals surface area contributed by atoms with Crippen LogP contribution in [-0.4, -0.2) is 24.1 Å². The molecule has 0 aliphatic rings. The molecule has 0 fully saturated rings. The summed E-state index contributed by atoms with van der Waals surface area (Å²) in [5, 5.41) is 15.5. The van der Waals surface area contributed by atoms with E-state index in [0.29, 0.717) is 23.0 Å². The highest BCUT2D eigenvalue weighted by atomic mass is 15.0. The zero-order valence-electron chi connectivity index (χ0n) is 31.2. The van der Waals surface area contributed by atoms with Gasteiger partial charge in [0.05, 0.1) is 33.7 Å². The van der Waals surface area contributed by atoms with Gasteiger partial charge in [-0.25, -0.2) is 15.0 Å². The molecular formula is C52H32N6. The highest BCUT2D eigenvalue weighted by molar-refractivity contribution is 6.30. The van der Waals surface area contributed by atoms with Crippen molar-refractivity contribution in [3.63, 3.8) is 0 Å². The minimum Gasteiger partial charge on any atom is -0.309 e. The van der Waals surface area contributed by atoms with Crippen molar-refractivity contribution in [1.29, 1.82) is 5.26 Å². The van der Waals surface area contributed by atoms with Crippen molar-refractivity contribution in [2.75, 3.05) is 0 Å². The Kier molecular flexibility index (Phi) is 7.76. The molecule has 0 spiro atoms. The van der Waals surface area contributed by atoms with E-state index in [9.17, 15) is 5.26 Å². The van der Waals surface area contributed by atoms with Crippen LogP contribution in [0.4, 0.5) is 0 Å². The van der Waals surface area contributed by atoms with Gasteiger partial charge in [-0.1, -0.05) is 146 Å². The molecule has 0 amide bonds. The molecule has 8 aromatic carbocycles. The van der Waals surface area contributed by atoms with Crippen molar-refractivity contribution >= 4 is 43.6 Å². The average molecular weight is 741 g/mol. The molecule has 11 aromatic rings. The van der Waals surface area contributed by atoms with Gasteiger partial charge in [0.2, 0.25) is 0 Å². The van der Waals surface area contributed by atoms with Crippen molar-refractivity contribution in [3.8, 4) is 62.7 Å². The quantitative estimate of drug-likeness (QED) is 0.170. The smallest absolute Gasteiger partial charge is 0.164 e. The van der Waals surface area contributed by atoms with E-state index in [-0.39, 0.29) is 0 Å². The zero-order chi connectivity index (χ0) is 38.6. The molecule has 0 atom stereocenters. The summed E-state index contributed by atoms with van der Waals surface area (Å²) in [7, 11) is 0. The van der Waals surface area contributed by atoms with Crippen LogP contribution in [-0.2, 0) is 0 Å². The first-order valence-electron chi connectivity index (χ1n) is 19.3. The molecule has 6 nitrogen and oxygen atoms in total. The molecule has 3 aromatic heterocycles. The lowest BCUT2D eigenvalue weighted by Gasteiger charge is -2.13. The molecule has 0 aliphatic heterocycles. The zero-order valence-corrected chi connectivity index (χ0v) is 31.2. The monoisotopic (exact) mass is 740 g/mol. The van der Waals surface area contributed by atoms with Gasteiger partial charge in [0.1, 0.15) is 0 Å². The normalized spacial score (nSPS) is 11.4. The largest absolute Gasteiger partial charge is 0.309 e. The highest BCUT2D eigenvalue weighted by Crippen LogP contribution is 2.45. The number of nitriles is 1. The molecule has 6 heteroatoms. The van der Waals surface area contributed by atoms with Crippen LogP contribution < -0.4 is 0 Å². The van der Waals surface area contributed by atoms with Crippen LogP contribution in [0.25, 0.3) is 100 Å². The molecule has 0 N–H and O–H groups in total. The number of hydrogen-bond donors (Lipinski definition) is 0. The lowest BCUT2D eigenvalue weighted by molar-refractivity contribution is 1.07. The van der Waals surface area contributed by atoms with E-state index >= 15 is 0 Å². The maximum Gasteiger partial charge on any atom is 0.164 e. The van der Waals surface area contributed by atoms with E-state index in [4.69, 9.17) is 15.0 Å². The van der Waals surface area contributed by atoms with Gasteiger partial charge in [0.15, 0.2) is 17.5 Å². The van der Waals surface area contributed by atoms with Gasteiger partial charge in [-0.15, -0.1) is 0 Å². The van der Waals surface area contributed by atoms with Crippen molar-refractivity contribution < 1.29 is 0 Å². The number of benzene rings is 8. The first-order chi connectivity index (χ1) is 28.7. The fourth-order valence-electron chi connectivity index (χ4n) is 8.48. The molecular weight excluding hydrogens is 709 g/mol. The van der Waals surface area contributed by atoms with Crippen LogP contribution in [0.5, 0.6) is 0 Å². The third-order valence-corrected chi connectivity index (χ3v) is 11.0. The van der Waals surface area contributed by atoms with Crippen molar-refractivity contribution in [2.24, 2.45) is 0 Å². The molecule has 0 unspecified atom stereocenters. The summed E-state index contributed by atoms with van der Waals surface area (Å²) in [5.74, 6) is 1.65. The van der Waals surface area contributed by atoms with Gasteiger partial charge >= 0.3 is 0 Å². The van der Waals surface area contributed by atoms with Gasteiger partial charge in [0.25, 0.3) is 0 Å². The van der Waals surface area contributed by atoms with Crippen molar-refractivity contribution in [1.82, 2.24) is 24.1 Å². The van der Waals surface area contributed by atoms with Gasteiger partial charge in [-0.2, -0.15) is 5.26 Å². The third kappa shape index (κ3) is 5.30. The average Bonchev–Trinajstić information content (AvgIpc) is 3.83. The second-order valence-electron chi connectivity index (χ2n) is 14.3. The molecule has 270 valence electrons. The van der Waals surface area contributed by atoms with Gasteiger partial charge in [-0.3, -0.25) is 0 Å². The summed E-state index contributed by atoms with van der Waals surface area (Å²) < 4.78 is 4.72. The maximum absolute atomic E-state index is 10.9. The summed E-state index contributed by atoms with van der Waals surface area (Å²) >= 11 is 0. The van der Waals surface area contributed by atoms with Crippen LogP contribution >= 0.6 is 0 Å². The van der Waals surface area contributed by atoms with Crippen LogP contribution in [0.15, 0.2) is 194 Å². The number of rotatable bonds is 6. The highest BCUT2D eigenvalue weighted by Gasteiger charge is 2.23. The van der Waals surface area contributed by atoms with Crippen molar-refractivity contribution in [3.05, 3.63) is 200 Å². The van der Waals surface area contributed by atoms with Crippen LogP contribution in [0.2, 0.25) is 0 Å². The van der Waals surface area contributed by atoms with Crippen molar-refractivity contribution in [2.45, 2.75) is 0 Å². The van der Waals surface area contributed by atoms with E-state index in [0.717, 1.165) is 66.6 Å². The molecule has 0 radical (unpaired) electrons. The molecule has 0 saturated carbocycles. The first-order valence-corrected chi connectivity index (χ1v) is 19.3. The Morgan fingerprint density at radius 1 is 0.379 bits per heavy atom. The van der Waals surface area contributed by atoms with Crippen LogP contribution in [0.1, 0.15) is 5.56 Å². The molecule has 11 rings (SSSR count). The van der Waals surface area contributed by atoms with Crippen LogP contribution in [0, 0.1) is 11.3 Å². The summed E-state index contributed by atoms with van der Waals surface area (Å²) in [4.78, 5) is 14.8. The number of aromatic nitrogens is 5. The fraction of sp³-hybridized carbons (Fsp3) is 0. The third-order valence-electron chi connectivity index (χ3n) is 11.0.